The highest BCUT2D eigenvalue weighted by Crippen LogP contribution is 2.43. The summed E-state index contributed by atoms with van der Waals surface area (Å²) in [6, 6.07) is 1.70. The van der Waals surface area contributed by atoms with Gasteiger partial charge in [-0.3, -0.25) is 4.79 Å². The van der Waals surface area contributed by atoms with Crippen LogP contribution in [0.1, 0.15) is 18.4 Å². The molecule has 0 bridgehead atoms. The van der Waals surface area contributed by atoms with E-state index < -0.39 is 11.4 Å². The molecular formula is C9H11NO3. The molecule has 0 unspecified atom stereocenters. The quantitative estimate of drug-likeness (QED) is 0.704. The maximum atomic E-state index is 11.1. The fraction of sp³-hybridized carbons (Fsp3) is 0.444. The number of nitrogens with two attached hydrogens (primary N) is 1. The Labute approximate surface area is 75.3 Å². The Bertz CT molecular complexity index is 312. The van der Waals surface area contributed by atoms with Gasteiger partial charge in [-0.2, -0.15) is 0 Å². The van der Waals surface area contributed by atoms with Gasteiger partial charge in [0.25, 0.3) is 0 Å². The molecule has 1 aliphatic rings. The molecule has 1 saturated carbocycles. The topological polar surface area (TPSA) is 76.5 Å². The second-order valence-electron chi connectivity index (χ2n) is 3.57. The van der Waals surface area contributed by atoms with Gasteiger partial charge in [0, 0.05) is 11.6 Å². The predicted octanol–water partition coefficient (Wildman–Crippen LogP) is 0.723. The lowest BCUT2D eigenvalue weighted by molar-refractivity contribution is -0.148. The Balaban J connectivity index is 2.31. The van der Waals surface area contributed by atoms with Crippen LogP contribution in [0.5, 0.6) is 0 Å². The van der Waals surface area contributed by atoms with Crippen molar-refractivity contribution in [3.05, 3.63) is 24.2 Å². The molecular weight excluding hydrogens is 170 g/mol. The normalized spacial score (nSPS) is 32.5. The van der Waals surface area contributed by atoms with Crippen molar-refractivity contribution >= 4 is 5.97 Å². The molecule has 1 heterocycles. The highest BCUT2D eigenvalue weighted by Gasteiger charge is 2.51. The second kappa shape index (κ2) is 2.60. The van der Waals surface area contributed by atoms with E-state index in [1.165, 1.54) is 12.5 Å². The molecule has 0 aromatic carbocycles. The summed E-state index contributed by atoms with van der Waals surface area (Å²) in [6.07, 6.45) is 3.98. The maximum absolute atomic E-state index is 11.1. The third-order valence-electron chi connectivity index (χ3n) is 2.70. The first-order valence-electron chi connectivity index (χ1n) is 4.17. The Morgan fingerprint density at radius 3 is 2.77 bits per heavy atom. The van der Waals surface area contributed by atoms with Crippen LogP contribution in [0.25, 0.3) is 0 Å². The van der Waals surface area contributed by atoms with Gasteiger partial charge in [-0.25, -0.2) is 0 Å². The molecule has 0 atom stereocenters. The average Bonchev–Trinajstić information content (AvgIpc) is 2.49. The third kappa shape index (κ3) is 1.06. The fourth-order valence-corrected chi connectivity index (χ4v) is 1.91. The summed E-state index contributed by atoms with van der Waals surface area (Å²) >= 11 is 0. The minimum Gasteiger partial charge on any atom is -0.481 e. The Morgan fingerprint density at radius 1 is 1.69 bits per heavy atom. The van der Waals surface area contributed by atoms with E-state index in [0.717, 1.165) is 5.56 Å². The first kappa shape index (κ1) is 8.31. The minimum atomic E-state index is -0.810. The zero-order valence-corrected chi connectivity index (χ0v) is 7.06. The van der Waals surface area contributed by atoms with Crippen LogP contribution in [-0.4, -0.2) is 17.1 Å². The molecule has 70 valence electrons. The van der Waals surface area contributed by atoms with Crippen LogP contribution in [0, 0.1) is 0 Å². The second-order valence-corrected chi connectivity index (χ2v) is 3.57. The van der Waals surface area contributed by atoms with E-state index in [-0.39, 0.29) is 6.04 Å². The van der Waals surface area contributed by atoms with Crippen molar-refractivity contribution in [2.45, 2.75) is 24.3 Å². The van der Waals surface area contributed by atoms with Crippen molar-refractivity contribution in [2.24, 2.45) is 5.73 Å². The van der Waals surface area contributed by atoms with Gasteiger partial charge in [0.2, 0.25) is 0 Å². The van der Waals surface area contributed by atoms with Crippen LogP contribution in [0.2, 0.25) is 0 Å². The number of furan rings is 1. The number of rotatable bonds is 2. The molecule has 1 aromatic heterocycles. The van der Waals surface area contributed by atoms with Gasteiger partial charge in [-0.05, 0) is 18.9 Å². The van der Waals surface area contributed by atoms with E-state index in [1.54, 1.807) is 6.07 Å². The van der Waals surface area contributed by atoms with Gasteiger partial charge in [-0.1, -0.05) is 0 Å². The molecule has 2 rings (SSSR count). The number of hydrogen-bond acceptors (Lipinski definition) is 3. The van der Waals surface area contributed by atoms with Gasteiger partial charge in [0.15, 0.2) is 0 Å². The van der Waals surface area contributed by atoms with Crippen molar-refractivity contribution in [2.75, 3.05) is 0 Å². The standard InChI is InChI=1S/C9H11NO3/c10-7-3-9(4-7,8(11)12)6-1-2-13-5-6/h1-2,5,7H,3-4,10H2,(H,11,12). The van der Waals surface area contributed by atoms with Gasteiger partial charge in [0.1, 0.15) is 0 Å². The van der Waals surface area contributed by atoms with Crippen LogP contribution in [-0.2, 0) is 10.2 Å². The lowest BCUT2D eigenvalue weighted by atomic mass is 9.62. The van der Waals surface area contributed by atoms with Gasteiger partial charge in [0.05, 0.1) is 17.9 Å². The van der Waals surface area contributed by atoms with Crippen LogP contribution in [0.4, 0.5) is 0 Å². The minimum absolute atomic E-state index is 0.00556. The lowest BCUT2D eigenvalue weighted by Gasteiger charge is -2.41. The number of carbonyl (C=O) groups is 1. The molecule has 4 nitrogen and oxygen atoms in total. The Kier molecular flexibility index (Phi) is 1.66. The number of carboxylic acids is 1. The molecule has 0 saturated heterocycles. The van der Waals surface area contributed by atoms with Crippen molar-refractivity contribution in [1.29, 1.82) is 0 Å². The van der Waals surface area contributed by atoms with Crippen molar-refractivity contribution in [3.63, 3.8) is 0 Å². The fourth-order valence-electron chi connectivity index (χ4n) is 1.91. The van der Waals surface area contributed by atoms with Gasteiger partial charge < -0.3 is 15.3 Å². The Morgan fingerprint density at radius 2 is 2.38 bits per heavy atom. The molecule has 0 aliphatic heterocycles. The van der Waals surface area contributed by atoms with Crippen LogP contribution in [0.3, 0.4) is 0 Å². The van der Waals surface area contributed by atoms with E-state index in [4.69, 9.17) is 15.3 Å². The molecule has 13 heavy (non-hydrogen) atoms. The average molecular weight is 181 g/mol. The molecule has 1 aliphatic carbocycles. The molecule has 0 amide bonds. The summed E-state index contributed by atoms with van der Waals surface area (Å²) in [6.45, 7) is 0. The SMILES string of the molecule is NC1CC(C(=O)O)(c2ccoc2)C1. The van der Waals surface area contributed by atoms with Crippen LogP contribution in [0.15, 0.2) is 23.0 Å². The first-order chi connectivity index (χ1) is 6.15. The van der Waals surface area contributed by atoms with Gasteiger partial charge >= 0.3 is 5.97 Å². The van der Waals surface area contributed by atoms with Crippen molar-refractivity contribution < 1.29 is 14.3 Å². The zero-order chi connectivity index (χ0) is 9.47. The lowest BCUT2D eigenvalue weighted by Crippen LogP contribution is -2.53. The largest absolute Gasteiger partial charge is 0.481 e. The molecule has 1 aromatic rings. The van der Waals surface area contributed by atoms with E-state index in [2.05, 4.69) is 0 Å². The first-order valence-corrected chi connectivity index (χ1v) is 4.17. The summed E-state index contributed by atoms with van der Waals surface area (Å²) in [5.41, 5.74) is 5.54. The molecule has 3 N–H and O–H groups in total. The zero-order valence-electron chi connectivity index (χ0n) is 7.06. The highest BCUT2D eigenvalue weighted by molar-refractivity contribution is 5.82. The summed E-state index contributed by atoms with van der Waals surface area (Å²) in [4.78, 5) is 11.1. The molecule has 0 spiro atoms. The van der Waals surface area contributed by atoms with E-state index in [1.807, 2.05) is 0 Å². The maximum Gasteiger partial charge on any atom is 0.314 e. The van der Waals surface area contributed by atoms with Gasteiger partial charge in [-0.15, -0.1) is 0 Å². The summed E-state index contributed by atoms with van der Waals surface area (Å²) in [5, 5.41) is 9.08. The number of carboxylic acid groups (broad SMARTS) is 1. The van der Waals surface area contributed by atoms with E-state index in [9.17, 15) is 4.79 Å². The number of hydrogen-bond donors (Lipinski definition) is 2. The predicted molar refractivity (Wildman–Crippen MR) is 45.2 cm³/mol. The van der Waals surface area contributed by atoms with Crippen LogP contribution >= 0.6 is 0 Å². The Hall–Kier alpha value is -1.29. The monoisotopic (exact) mass is 181 g/mol. The van der Waals surface area contributed by atoms with Crippen molar-refractivity contribution in [1.82, 2.24) is 0 Å². The van der Waals surface area contributed by atoms with Crippen molar-refractivity contribution in [3.8, 4) is 0 Å². The summed E-state index contributed by atoms with van der Waals surface area (Å²) in [7, 11) is 0. The smallest absolute Gasteiger partial charge is 0.314 e. The van der Waals surface area contributed by atoms with Crippen LogP contribution < -0.4 is 5.73 Å². The molecule has 1 fully saturated rings. The molecule has 0 radical (unpaired) electrons. The summed E-state index contributed by atoms with van der Waals surface area (Å²) < 4.78 is 4.88. The highest BCUT2D eigenvalue weighted by atomic mass is 16.4. The van der Waals surface area contributed by atoms with E-state index in [0.29, 0.717) is 12.8 Å². The number of aliphatic carboxylic acids is 1. The molecule has 4 heteroatoms. The summed E-state index contributed by atoms with van der Waals surface area (Å²) in [5.74, 6) is -0.810. The third-order valence-corrected chi connectivity index (χ3v) is 2.70. The van der Waals surface area contributed by atoms with E-state index >= 15 is 0 Å².